The molecular formula is C25H34N4O3. The molecule has 7 heteroatoms. The minimum atomic E-state index is 0.519. The highest BCUT2D eigenvalue weighted by molar-refractivity contribution is 5.81. The fourth-order valence-electron chi connectivity index (χ4n) is 3.94. The van der Waals surface area contributed by atoms with Gasteiger partial charge in [0.15, 0.2) is 0 Å². The highest BCUT2D eigenvalue weighted by Crippen LogP contribution is 2.23. The first-order chi connectivity index (χ1) is 15.7. The van der Waals surface area contributed by atoms with Crippen molar-refractivity contribution < 1.29 is 14.2 Å². The lowest BCUT2D eigenvalue weighted by atomic mass is 10.1. The monoisotopic (exact) mass is 438 g/mol. The van der Waals surface area contributed by atoms with E-state index in [0.717, 1.165) is 76.1 Å². The van der Waals surface area contributed by atoms with Crippen LogP contribution in [-0.2, 0) is 16.0 Å². The summed E-state index contributed by atoms with van der Waals surface area (Å²) in [5.74, 6) is 0.666. The summed E-state index contributed by atoms with van der Waals surface area (Å²) in [6.07, 6.45) is 1.95. The van der Waals surface area contributed by atoms with Crippen molar-refractivity contribution in [2.24, 2.45) is 4.99 Å². The number of rotatable bonds is 8. The predicted molar refractivity (Wildman–Crippen MR) is 127 cm³/mol. The van der Waals surface area contributed by atoms with E-state index in [9.17, 15) is 0 Å². The zero-order chi connectivity index (χ0) is 22.2. The van der Waals surface area contributed by atoms with Gasteiger partial charge < -0.3 is 19.1 Å². The first-order valence-corrected chi connectivity index (χ1v) is 11.5. The topological polar surface area (TPSA) is 59.4 Å². The Morgan fingerprint density at radius 1 is 1.00 bits per heavy atom. The van der Waals surface area contributed by atoms with Gasteiger partial charge >= 0.3 is 0 Å². The summed E-state index contributed by atoms with van der Waals surface area (Å²) >= 11 is 0. The molecular weight excluding hydrogens is 404 g/mol. The molecule has 7 nitrogen and oxygen atoms in total. The van der Waals surface area contributed by atoms with Crippen molar-refractivity contribution in [2.75, 3.05) is 70.7 Å². The molecule has 4 rings (SSSR count). The van der Waals surface area contributed by atoms with Gasteiger partial charge in [0.05, 0.1) is 38.7 Å². The largest absolute Gasteiger partial charge is 0.476 e. The van der Waals surface area contributed by atoms with E-state index in [1.54, 1.807) is 0 Å². The van der Waals surface area contributed by atoms with E-state index in [2.05, 4.69) is 52.9 Å². The number of hydrogen-bond donors (Lipinski definition) is 0. The molecule has 1 aromatic carbocycles. The Morgan fingerprint density at radius 2 is 1.75 bits per heavy atom. The Labute approximate surface area is 191 Å². The number of morpholine rings is 2. The lowest BCUT2D eigenvalue weighted by Gasteiger charge is -2.29. The number of nitrogens with zero attached hydrogens (tertiary/aromatic N) is 4. The molecule has 0 amide bonds. The second-order valence-electron chi connectivity index (χ2n) is 8.39. The average molecular weight is 439 g/mol. The van der Waals surface area contributed by atoms with Crippen molar-refractivity contribution in [3.8, 4) is 5.88 Å². The van der Waals surface area contributed by atoms with Gasteiger partial charge in [-0.3, -0.25) is 9.89 Å². The van der Waals surface area contributed by atoms with Gasteiger partial charge in [0, 0.05) is 50.7 Å². The summed E-state index contributed by atoms with van der Waals surface area (Å²) < 4.78 is 17.0. The van der Waals surface area contributed by atoms with E-state index in [4.69, 9.17) is 19.2 Å². The lowest BCUT2D eigenvalue weighted by molar-refractivity contribution is 0.0320. The molecule has 2 aliphatic rings. The van der Waals surface area contributed by atoms with Crippen molar-refractivity contribution in [1.82, 2.24) is 9.88 Å². The molecule has 0 bridgehead atoms. The smallest absolute Gasteiger partial charge is 0.215 e. The predicted octanol–water partition coefficient (Wildman–Crippen LogP) is 2.87. The van der Waals surface area contributed by atoms with Gasteiger partial charge in [-0.25, -0.2) is 4.98 Å². The van der Waals surface area contributed by atoms with Crippen LogP contribution in [0.2, 0.25) is 0 Å². The van der Waals surface area contributed by atoms with E-state index in [1.165, 1.54) is 11.1 Å². The lowest BCUT2D eigenvalue weighted by Crippen LogP contribution is -2.38. The highest BCUT2D eigenvalue weighted by atomic mass is 16.5. The highest BCUT2D eigenvalue weighted by Gasteiger charge is 2.15. The van der Waals surface area contributed by atoms with Crippen LogP contribution in [0.3, 0.4) is 0 Å². The maximum atomic E-state index is 6.08. The van der Waals surface area contributed by atoms with Crippen LogP contribution < -0.4 is 9.64 Å². The zero-order valence-corrected chi connectivity index (χ0v) is 19.3. The Balaban J connectivity index is 1.44. The molecule has 3 heterocycles. The van der Waals surface area contributed by atoms with Crippen molar-refractivity contribution in [1.29, 1.82) is 0 Å². The van der Waals surface area contributed by atoms with Gasteiger partial charge in [-0.2, -0.15) is 0 Å². The minimum Gasteiger partial charge on any atom is -0.476 e. The third-order valence-electron chi connectivity index (χ3n) is 5.90. The second-order valence-corrected chi connectivity index (χ2v) is 8.39. The maximum absolute atomic E-state index is 6.08. The van der Waals surface area contributed by atoms with Crippen LogP contribution in [0.25, 0.3) is 0 Å². The van der Waals surface area contributed by atoms with Crippen LogP contribution in [-0.4, -0.2) is 81.9 Å². The van der Waals surface area contributed by atoms with Crippen molar-refractivity contribution in [2.45, 2.75) is 20.4 Å². The van der Waals surface area contributed by atoms with Gasteiger partial charge in [-0.15, -0.1) is 0 Å². The van der Waals surface area contributed by atoms with Crippen LogP contribution in [0.1, 0.15) is 22.4 Å². The molecule has 32 heavy (non-hydrogen) atoms. The van der Waals surface area contributed by atoms with Gasteiger partial charge in [0.2, 0.25) is 5.88 Å². The van der Waals surface area contributed by atoms with Crippen LogP contribution >= 0.6 is 0 Å². The average Bonchev–Trinajstić information content (AvgIpc) is 2.82. The number of aliphatic imine (C=N–C) groups is 1. The Kier molecular flexibility index (Phi) is 8.09. The van der Waals surface area contributed by atoms with Crippen LogP contribution in [0.4, 0.5) is 5.69 Å². The molecule has 2 saturated heterocycles. The fraction of sp³-hybridized carbons (Fsp3) is 0.520. The molecule has 0 N–H and O–H groups in total. The van der Waals surface area contributed by atoms with E-state index >= 15 is 0 Å². The van der Waals surface area contributed by atoms with Gasteiger partial charge in [-0.1, -0.05) is 23.8 Å². The molecule has 172 valence electrons. The quantitative estimate of drug-likeness (QED) is 0.591. The zero-order valence-electron chi connectivity index (χ0n) is 19.3. The maximum Gasteiger partial charge on any atom is 0.215 e. The summed E-state index contributed by atoms with van der Waals surface area (Å²) in [4.78, 5) is 14.1. The standard InChI is InChI=1S/C25H34N4O3/c1-20-3-4-21(2)22(15-20)18-26-19-23-16-24(29-8-12-31-13-9-29)17-25(27-23)32-14-7-28-5-10-30-11-6-28/h3-4,15-18H,5-14,19H2,1-2H3. The van der Waals surface area contributed by atoms with Gasteiger partial charge in [-0.05, 0) is 31.0 Å². The molecule has 0 saturated carbocycles. The SMILES string of the molecule is Cc1ccc(C)c(C=NCc2cc(N3CCOCC3)cc(OCCN3CCOCC3)n2)c1. The number of benzene rings is 1. The fourth-order valence-corrected chi connectivity index (χ4v) is 3.94. The number of aryl methyl sites for hydroxylation is 2. The Morgan fingerprint density at radius 3 is 2.53 bits per heavy atom. The third kappa shape index (κ3) is 6.51. The van der Waals surface area contributed by atoms with Crippen LogP contribution in [0, 0.1) is 13.8 Å². The molecule has 0 unspecified atom stereocenters. The van der Waals surface area contributed by atoms with Gasteiger partial charge in [0.25, 0.3) is 0 Å². The summed E-state index contributed by atoms with van der Waals surface area (Å²) in [5, 5.41) is 0. The van der Waals surface area contributed by atoms with Crippen molar-refractivity contribution in [3.05, 3.63) is 52.7 Å². The normalized spacial score (nSPS) is 17.8. The first-order valence-electron chi connectivity index (χ1n) is 11.5. The van der Waals surface area contributed by atoms with E-state index in [1.807, 2.05) is 12.3 Å². The van der Waals surface area contributed by atoms with E-state index < -0.39 is 0 Å². The van der Waals surface area contributed by atoms with E-state index in [-0.39, 0.29) is 0 Å². The van der Waals surface area contributed by atoms with Crippen LogP contribution in [0.5, 0.6) is 5.88 Å². The van der Waals surface area contributed by atoms with Crippen molar-refractivity contribution >= 4 is 11.9 Å². The summed E-state index contributed by atoms with van der Waals surface area (Å²) in [7, 11) is 0. The Bertz CT molecular complexity index is 906. The number of ether oxygens (including phenoxy) is 3. The van der Waals surface area contributed by atoms with Gasteiger partial charge in [0.1, 0.15) is 6.61 Å². The summed E-state index contributed by atoms with van der Waals surface area (Å²) in [6, 6.07) is 10.6. The summed E-state index contributed by atoms with van der Waals surface area (Å²) in [5.41, 5.74) is 5.65. The molecule has 0 spiro atoms. The number of pyridine rings is 1. The molecule has 0 aliphatic carbocycles. The number of anilines is 1. The van der Waals surface area contributed by atoms with Crippen molar-refractivity contribution in [3.63, 3.8) is 0 Å². The second kappa shape index (κ2) is 11.4. The number of hydrogen-bond acceptors (Lipinski definition) is 7. The molecule has 2 aromatic rings. The Hall–Kier alpha value is -2.48. The third-order valence-corrected chi connectivity index (χ3v) is 5.90. The first kappa shape index (κ1) is 22.7. The van der Waals surface area contributed by atoms with E-state index in [0.29, 0.717) is 19.0 Å². The molecule has 0 radical (unpaired) electrons. The molecule has 2 fully saturated rings. The number of aromatic nitrogens is 1. The van der Waals surface area contributed by atoms with Crippen LogP contribution in [0.15, 0.2) is 35.3 Å². The molecule has 1 aromatic heterocycles. The summed E-state index contributed by atoms with van der Waals surface area (Å²) in [6.45, 7) is 13.0. The molecule has 0 atom stereocenters. The minimum absolute atomic E-state index is 0.519. The molecule has 2 aliphatic heterocycles.